The maximum absolute atomic E-state index is 2.44. The van der Waals surface area contributed by atoms with Crippen molar-refractivity contribution >= 4 is 80.0 Å². The summed E-state index contributed by atoms with van der Waals surface area (Å²) >= 11 is 0. The zero-order valence-corrected chi connectivity index (χ0v) is 48.9. The van der Waals surface area contributed by atoms with Crippen molar-refractivity contribution in [2.24, 2.45) is 0 Å². The number of nitrogens with zero attached hydrogens (tertiary/aromatic N) is 2. The molecule has 0 heterocycles. The minimum Gasteiger partial charge on any atom is -0.310 e. The molecule has 0 N–H and O–H groups in total. The maximum atomic E-state index is 2.44. The highest BCUT2D eigenvalue weighted by atomic mass is 15.1. The molecule has 2 aliphatic rings. The monoisotopic (exact) mass is 1100 g/mol. The second-order valence-electron chi connectivity index (χ2n) is 24.2. The average molecular weight is 1100 g/mol. The summed E-state index contributed by atoms with van der Waals surface area (Å²) in [6.45, 7) is 9.53. The smallest absolute Gasteiger partial charge is 0.0540 e. The number of hydrogen-bond acceptors (Lipinski definition) is 2. The third kappa shape index (κ3) is 9.32. The number of anilines is 6. The van der Waals surface area contributed by atoms with Gasteiger partial charge in [-0.1, -0.05) is 283 Å². The Morgan fingerprint density at radius 1 is 0.244 bits per heavy atom. The Bertz CT molecular complexity index is 4490. The molecule has 2 aliphatic carbocycles. The van der Waals surface area contributed by atoms with Gasteiger partial charge in [-0.05, 0) is 160 Å². The summed E-state index contributed by atoms with van der Waals surface area (Å²) in [5.41, 5.74) is 26.5. The van der Waals surface area contributed by atoms with Gasteiger partial charge < -0.3 is 9.80 Å². The van der Waals surface area contributed by atoms with Gasteiger partial charge in [-0.15, -0.1) is 0 Å². The summed E-state index contributed by atoms with van der Waals surface area (Å²) < 4.78 is 0. The van der Waals surface area contributed by atoms with Gasteiger partial charge in [0, 0.05) is 44.4 Å². The third-order valence-electron chi connectivity index (χ3n) is 18.2. The normalized spacial score (nSPS) is 13.4. The first-order chi connectivity index (χ1) is 42.1. The lowest BCUT2D eigenvalue weighted by Crippen LogP contribution is -2.17. The molecule has 0 fully saturated rings. The first-order valence-electron chi connectivity index (χ1n) is 30.0. The molecule has 0 unspecified atom stereocenters. The molecule has 13 aromatic rings. The van der Waals surface area contributed by atoms with Gasteiger partial charge in [0.1, 0.15) is 0 Å². The minimum atomic E-state index is -0.214. The van der Waals surface area contributed by atoms with Crippen LogP contribution in [0.3, 0.4) is 0 Å². The fourth-order valence-corrected chi connectivity index (χ4v) is 13.6. The fraction of sp³-hybridized carbons (Fsp3) is 0.0714. The van der Waals surface area contributed by atoms with Crippen LogP contribution in [-0.4, -0.2) is 0 Å². The molecule has 0 amide bonds. The van der Waals surface area contributed by atoms with Crippen LogP contribution >= 0.6 is 0 Å². The van der Waals surface area contributed by atoms with E-state index in [1.165, 1.54) is 111 Å². The van der Waals surface area contributed by atoms with Gasteiger partial charge in [0.15, 0.2) is 0 Å². The van der Waals surface area contributed by atoms with Crippen molar-refractivity contribution in [1.82, 2.24) is 0 Å². The molecule has 2 nitrogen and oxygen atoms in total. The Balaban J connectivity index is 0.671. The lowest BCUT2D eigenvalue weighted by atomic mass is 9.81. The minimum absolute atomic E-state index is 0.214. The maximum Gasteiger partial charge on any atom is 0.0540 e. The number of benzene rings is 13. The van der Waals surface area contributed by atoms with Crippen molar-refractivity contribution in [2.75, 3.05) is 9.80 Å². The Morgan fingerprint density at radius 3 is 0.988 bits per heavy atom. The highest BCUT2D eigenvalue weighted by Gasteiger charge is 2.38. The number of hydrogen-bond donors (Lipinski definition) is 0. The van der Waals surface area contributed by atoms with Crippen LogP contribution in [0.5, 0.6) is 0 Å². The van der Waals surface area contributed by atoms with Crippen molar-refractivity contribution in [2.45, 2.75) is 38.5 Å². The van der Waals surface area contributed by atoms with Gasteiger partial charge in [0.2, 0.25) is 0 Å². The van der Waals surface area contributed by atoms with Crippen molar-refractivity contribution < 1.29 is 0 Å². The molecule has 0 radical (unpaired) electrons. The van der Waals surface area contributed by atoms with E-state index in [-0.39, 0.29) is 10.8 Å². The molecule has 2 heteroatoms. The summed E-state index contributed by atoms with van der Waals surface area (Å²) in [4.78, 5) is 4.89. The van der Waals surface area contributed by atoms with Crippen LogP contribution in [-0.2, 0) is 10.8 Å². The lowest BCUT2D eigenvalue weighted by Gasteiger charge is -2.29. The predicted molar refractivity (Wildman–Crippen MR) is 368 cm³/mol. The first kappa shape index (κ1) is 52.3. The standard InChI is InChI=1S/C84H64N2/c1-83(2)77-51-59(43-47-73(77)75-49-45-69(55-79(75)83)85(81-33-17-25-63-23-11-13-31-71(63)81)67-29-15-27-65(53-67)61-19-7-5-8-20-61)41-39-57-35-37-58(38-36-57)40-42-60-44-48-74-76-50-46-70(56-80(76)84(3,4)78(74)52-60)86(82-34-18-26-64-24-12-14-32-72(64)82)68-30-16-28-66(54-68)62-21-9-6-10-22-62/h5-56H,1-4H3/b41-39+,42-40+. The van der Waals surface area contributed by atoms with Gasteiger partial charge in [-0.25, -0.2) is 0 Å². The molecular weight excluding hydrogens is 1040 g/mol. The SMILES string of the molecule is CC1(C)c2cc(/C=C/c3ccc(/C=C/c4ccc5c(c4)C(C)(C)c4cc(N(c6cccc(-c7ccccc7)c6)c6cccc7ccccc67)ccc4-5)cc3)ccc2-c2ccc(N(c3cccc(-c4ccccc4)c3)c3cccc4ccccc34)cc21. The van der Waals surface area contributed by atoms with Crippen LogP contribution < -0.4 is 9.80 Å². The van der Waals surface area contributed by atoms with Crippen molar-refractivity contribution in [3.05, 3.63) is 336 Å². The average Bonchev–Trinajstić information content (AvgIpc) is 1.84. The fourth-order valence-electron chi connectivity index (χ4n) is 13.6. The van der Waals surface area contributed by atoms with Crippen molar-refractivity contribution in [3.63, 3.8) is 0 Å². The Labute approximate surface area is 505 Å². The molecule has 0 spiro atoms. The van der Waals surface area contributed by atoms with E-state index in [0.29, 0.717) is 0 Å². The summed E-state index contributed by atoms with van der Waals surface area (Å²) in [6.07, 6.45) is 9.00. The third-order valence-corrected chi connectivity index (χ3v) is 18.2. The molecule has 0 bridgehead atoms. The van der Waals surface area contributed by atoms with Crippen molar-refractivity contribution in [3.8, 4) is 44.5 Å². The van der Waals surface area contributed by atoms with Crippen LogP contribution in [0.4, 0.5) is 34.1 Å². The van der Waals surface area contributed by atoms with Crippen molar-refractivity contribution in [1.29, 1.82) is 0 Å². The van der Waals surface area contributed by atoms with Crippen LogP contribution in [0, 0.1) is 0 Å². The topological polar surface area (TPSA) is 6.48 Å². The van der Waals surface area contributed by atoms with Crippen LogP contribution in [0.15, 0.2) is 291 Å². The van der Waals surface area contributed by atoms with Gasteiger partial charge in [0.25, 0.3) is 0 Å². The van der Waals surface area contributed by atoms with Crippen LogP contribution in [0.2, 0.25) is 0 Å². The van der Waals surface area contributed by atoms with Crippen LogP contribution in [0.25, 0.3) is 90.4 Å². The molecule has 0 saturated carbocycles. The zero-order valence-electron chi connectivity index (χ0n) is 48.9. The Morgan fingerprint density at radius 2 is 0.558 bits per heavy atom. The second kappa shape index (κ2) is 21.3. The quantitative estimate of drug-likeness (QED) is 0.113. The second-order valence-corrected chi connectivity index (χ2v) is 24.2. The molecule has 0 aromatic heterocycles. The van der Waals surface area contributed by atoms with Crippen LogP contribution in [0.1, 0.15) is 72.2 Å². The summed E-state index contributed by atoms with van der Waals surface area (Å²) in [6, 6.07) is 107. The Kier molecular flexibility index (Phi) is 12.9. The molecule has 0 aliphatic heterocycles. The number of fused-ring (bicyclic) bond motifs is 8. The first-order valence-corrected chi connectivity index (χ1v) is 30.0. The summed E-state index contributed by atoms with van der Waals surface area (Å²) in [5, 5.41) is 4.88. The van der Waals surface area contributed by atoms with E-state index >= 15 is 0 Å². The van der Waals surface area contributed by atoms with E-state index < -0.39 is 0 Å². The number of rotatable bonds is 12. The van der Waals surface area contributed by atoms with Gasteiger partial charge in [-0.3, -0.25) is 0 Å². The zero-order chi connectivity index (χ0) is 57.9. The van der Waals surface area contributed by atoms with E-state index in [0.717, 1.165) is 34.1 Å². The molecule has 86 heavy (non-hydrogen) atoms. The molecule has 0 saturated heterocycles. The van der Waals surface area contributed by atoms with E-state index in [4.69, 9.17) is 0 Å². The Hall–Kier alpha value is -10.5. The molecule has 0 atom stereocenters. The van der Waals surface area contributed by atoms with Gasteiger partial charge in [0.05, 0.1) is 11.4 Å². The summed E-state index contributed by atoms with van der Waals surface area (Å²) in [5.74, 6) is 0. The molecule has 13 aromatic carbocycles. The van der Waals surface area contributed by atoms with E-state index in [2.05, 4.69) is 353 Å². The van der Waals surface area contributed by atoms with E-state index in [1.807, 2.05) is 0 Å². The lowest BCUT2D eigenvalue weighted by molar-refractivity contribution is 0.660. The summed E-state index contributed by atoms with van der Waals surface area (Å²) in [7, 11) is 0. The highest BCUT2D eigenvalue weighted by Crippen LogP contribution is 2.54. The molecule has 410 valence electrons. The molecule has 15 rings (SSSR count). The predicted octanol–water partition coefficient (Wildman–Crippen LogP) is 23.2. The van der Waals surface area contributed by atoms with E-state index in [1.54, 1.807) is 0 Å². The van der Waals surface area contributed by atoms with Gasteiger partial charge in [-0.2, -0.15) is 0 Å². The molecular formula is C84H64N2. The highest BCUT2D eigenvalue weighted by molar-refractivity contribution is 6.01. The van der Waals surface area contributed by atoms with Gasteiger partial charge >= 0.3 is 0 Å². The largest absolute Gasteiger partial charge is 0.310 e. The van der Waals surface area contributed by atoms with E-state index in [9.17, 15) is 0 Å².